The third-order valence-electron chi connectivity index (χ3n) is 5.78. The Morgan fingerprint density at radius 1 is 0.861 bits per heavy atom. The van der Waals surface area contributed by atoms with Gasteiger partial charge in [-0.05, 0) is 30.3 Å². The molecule has 6 rings (SSSR count). The molecule has 1 aromatic heterocycles. The average molecular weight is 652 g/mol. The van der Waals surface area contributed by atoms with E-state index in [0.29, 0.717) is 17.4 Å². The molecular formula is C29H22N5OPt-3. The fraction of sp³-hybridized carbons (Fsp3) is 0.0690. The summed E-state index contributed by atoms with van der Waals surface area (Å²) in [6.07, 6.45) is 13.2. The maximum Gasteiger partial charge on any atom is 0.0848 e. The molecule has 2 heterocycles. The quantitative estimate of drug-likeness (QED) is 0.232. The minimum Gasteiger partial charge on any atom is -0.509 e. The molecule has 0 saturated carbocycles. The zero-order valence-electron chi connectivity index (χ0n) is 19.2. The summed E-state index contributed by atoms with van der Waals surface area (Å²) in [6, 6.07) is 30.2. The molecule has 0 spiro atoms. The van der Waals surface area contributed by atoms with Crippen LogP contribution in [0, 0.1) is 18.8 Å². The van der Waals surface area contributed by atoms with E-state index in [-0.39, 0.29) is 21.1 Å². The third-order valence-corrected chi connectivity index (χ3v) is 5.78. The fourth-order valence-electron chi connectivity index (χ4n) is 3.99. The molecule has 36 heavy (non-hydrogen) atoms. The van der Waals surface area contributed by atoms with Gasteiger partial charge in [0.2, 0.25) is 0 Å². The van der Waals surface area contributed by atoms with Crippen molar-refractivity contribution < 1.29 is 25.8 Å². The predicted molar refractivity (Wildman–Crippen MR) is 138 cm³/mol. The van der Waals surface area contributed by atoms with Gasteiger partial charge in [-0.15, -0.1) is 43.1 Å². The first-order valence-corrected chi connectivity index (χ1v) is 11.5. The van der Waals surface area contributed by atoms with Gasteiger partial charge >= 0.3 is 0 Å². The topological polar surface area (TPSA) is 45.9 Å². The van der Waals surface area contributed by atoms with Crippen molar-refractivity contribution in [1.82, 2.24) is 9.78 Å². The molecular weight excluding hydrogens is 629 g/mol. The SMILES string of the molecule is [Pt].[c-]1c(Oc2[c-]c(-n3ccc([C@@H]4C=CC=CC4)n3)ccc2)cccc1N1[CH-]N(c2ccccc2)C=N1. The summed E-state index contributed by atoms with van der Waals surface area (Å²) >= 11 is 0. The van der Waals surface area contributed by atoms with E-state index in [9.17, 15) is 0 Å². The number of hydrazone groups is 1. The van der Waals surface area contributed by atoms with Crippen molar-refractivity contribution in [3.05, 3.63) is 128 Å². The standard InChI is InChI=1S/C29H22N5O.Pt/c1-3-9-23(10-4-1)29-17-18-33(31-29)25-13-7-15-27(19-25)35-28-16-8-14-26(20-28)34-22-32(21-30-34)24-11-5-2-6-12-24;/h1-9,11-18,21-23H,10H2;/q-3;/t23-;/m1./s1. The second-order valence-electron chi connectivity index (χ2n) is 8.18. The molecule has 1 aliphatic heterocycles. The van der Waals surface area contributed by atoms with Crippen molar-refractivity contribution in [2.45, 2.75) is 12.3 Å². The number of benzene rings is 3. The van der Waals surface area contributed by atoms with Crippen LogP contribution >= 0.6 is 0 Å². The van der Waals surface area contributed by atoms with Gasteiger partial charge < -0.3 is 14.6 Å². The maximum absolute atomic E-state index is 6.10. The monoisotopic (exact) mass is 651 g/mol. The van der Waals surface area contributed by atoms with Crippen LogP contribution in [0.1, 0.15) is 18.0 Å². The molecule has 1 aliphatic carbocycles. The third kappa shape index (κ3) is 5.19. The van der Waals surface area contributed by atoms with Crippen molar-refractivity contribution >= 4 is 17.7 Å². The van der Waals surface area contributed by atoms with Crippen molar-refractivity contribution in [2.24, 2.45) is 5.10 Å². The number of rotatable bonds is 6. The first-order chi connectivity index (χ1) is 17.3. The number of allylic oxidation sites excluding steroid dienone is 4. The van der Waals surface area contributed by atoms with E-state index in [1.54, 1.807) is 11.3 Å². The van der Waals surface area contributed by atoms with Crippen LogP contribution in [0.4, 0.5) is 11.4 Å². The molecule has 6 nitrogen and oxygen atoms in total. The molecule has 7 heteroatoms. The van der Waals surface area contributed by atoms with Gasteiger partial charge in [-0.2, -0.15) is 22.3 Å². The van der Waals surface area contributed by atoms with Gasteiger partial charge in [0.25, 0.3) is 0 Å². The minimum atomic E-state index is 0. The Labute approximate surface area is 225 Å². The molecule has 0 unspecified atom stereocenters. The first kappa shape index (κ1) is 23.8. The molecule has 182 valence electrons. The fourth-order valence-corrected chi connectivity index (χ4v) is 3.99. The predicted octanol–water partition coefficient (Wildman–Crippen LogP) is 6.25. The molecule has 0 saturated heterocycles. The molecule has 1 atom stereocenters. The van der Waals surface area contributed by atoms with Crippen LogP contribution in [-0.2, 0) is 21.1 Å². The summed E-state index contributed by atoms with van der Waals surface area (Å²) < 4.78 is 7.93. The molecule has 2 aliphatic rings. The number of nitrogens with zero attached hydrogens (tertiary/aromatic N) is 5. The van der Waals surface area contributed by atoms with Crippen LogP contribution in [0.5, 0.6) is 11.5 Å². The summed E-state index contributed by atoms with van der Waals surface area (Å²) in [7, 11) is 0. The van der Waals surface area contributed by atoms with E-state index in [1.165, 1.54) is 0 Å². The number of ether oxygens (including phenoxy) is 1. The molecule has 0 bridgehead atoms. The van der Waals surface area contributed by atoms with Crippen LogP contribution < -0.4 is 14.6 Å². The van der Waals surface area contributed by atoms with E-state index in [0.717, 1.165) is 29.2 Å². The smallest absolute Gasteiger partial charge is 0.0848 e. The second kappa shape index (κ2) is 10.8. The number of anilines is 2. The van der Waals surface area contributed by atoms with Crippen LogP contribution in [0.2, 0.25) is 0 Å². The van der Waals surface area contributed by atoms with Gasteiger partial charge in [0, 0.05) is 50.4 Å². The zero-order valence-corrected chi connectivity index (χ0v) is 21.5. The molecule has 3 aromatic carbocycles. The summed E-state index contributed by atoms with van der Waals surface area (Å²) in [5.74, 6) is 1.48. The van der Waals surface area contributed by atoms with Gasteiger partial charge in [-0.3, -0.25) is 4.68 Å². The van der Waals surface area contributed by atoms with Crippen molar-refractivity contribution in [3.63, 3.8) is 0 Å². The number of hydrogen-bond acceptors (Lipinski definition) is 5. The van der Waals surface area contributed by atoms with E-state index >= 15 is 0 Å². The Morgan fingerprint density at radius 3 is 2.42 bits per heavy atom. The molecule has 0 radical (unpaired) electrons. The molecule has 0 fully saturated rings. The second-order valence-corrected chi connectivity index (χ2v) is 8.18. The van der Waals surface area contributed by atoms with E-state index < -0.39 is 0 Å². The molecule has 0 N–H and O–H groups in total. The van der Waals surface area contributed by atoms with E-state index in [4.69, 9.17) is 9.84 Å². The number of hydrogen-bond donors (Lipinski definition) is 0. The average Bonchev–Trinajstić information content (AvgIpc) is 3.61. The largest absolute Gasteiger partial charge is 0.509 e. The van der Waals surface area contributed by atoms with Gasteiger partial charge in [0.1, 0.15) is 0 Å². The van der Waals surface area contributed by atoms with Crippen LogP contribution in [0.25, 0.3) is 5.69 Å². The number of aromatic nitrogens is 2. The maximum atomic E-state index is 6.10. The van der Waals surface area contributed by atoms with E-state index in [1.807, 2.05) is 89.2 Å². The Morgan fingerprint density at radius 2 is 1.64 bits per heavy atom. The van der Waals surface area contributed by atoms with E-state index in [2.05, 4.69) is 47.6 Å². The Kier molecular flexibility index (Phi) is 7.15. The van der Waals surface area contributed by atoms with Crippen LogP contribution in [0.15, 0.2) is 108 Å². The van der Waals surface area contributed by atoms with Gasteiger partial charge in [-0.25, -0.2) is 0 Å². The molecule has 0 amide bonds. The summed E-state index contributed by atoms with van der Waals surface area (Å²) in [5.41, 5.74) is 3.67. The number of para-hydroxylation sites is 1. The normalized spacial score (nSPS) is 16.3. The van der Waals surface area contributed by atoms with Crippen molar-refractivity contribution in [3.8, 4) is 17.2 Å². The van der Waals surface area contributed by atoms with Crippen molar-refractivity contribution in [2.75, 3.05) is 9.91 Å². The molecule has 4 aromatic rings. The summed E-state index contributed by atoms with van der Waals surface area (Å²) in [6.45, 7) is 1.91. The Bertz CT molecular complexity index is 1410. The Balaban J connectivity index is 0.00000267. The minimum absolute atomic E-state index is 0. The van der Waals surface area contributed by atoms with Gasteiger partial charge in [0.15, 0.2) is 0 Å². The first-order valence-electron chi connectivity index (χ1n) is 11.5. The van der Waals surface area contributed by atoms with Crippen molar-refractivity contribution in [1.29, 1.82) is 0 Å². The van der Waals surface area contributed by atoms with Crippen LogP contribution in [0.3, 0.4) is 0 Å². The van der Waals surface area contributed by atoms with Gasteiger partial charge in [-0.1, -0.05) is 48.2 Å². The van der Waals surface area contributed by atoms with Gasteiger partial charge in [0.05, 0.1) is 12.0 Å². The summed E-state index contributed by atoms with van der Waals surface area (Å²) in [5, 5.41) is 11.0. The summed E-state index contributed by atoms with van der Waals surface area (Å²) in [4.78, 5) is 1.95. The zero-order chi connectivity index (χ0) is 23.5. The Hall–Kier alpha value is -3.89. The van der Waals surface area contributed by atoms with Crippen LogP contribution in [-0.4, -0.2) is 16.1 Å².